The quantitative estimate of drug-likeness (QED) is 0.0718. The number of aliphatic carboxylic acids is 1. The molecule has 0 aliphatic rings. The second-order valence-corrected chi connectivity index (χ2v) is 12.1. The summed E-state index contributed by atoms with van der Waals surface area (Å²) in [5.74, 6) is -2.95. The monoisotopic (exact) mass is 651 g/mol. The van der Waals surface area contributed by atoms with Crippen LogP contribution < -0.4 is 5.73 Å². The van der Waals surface area contributed by atoms with Crippen molar-refractivity contribution in [2.75, 3.05) is 7.05 Å². The molecule has 248 valence electrons. The molecule has 0 fully saturated rings. The molecular formula is C30H42N3O11P. The fourth-order valence-corrected chi connectivity index (χ4v) is 5.19. The van der Waals surface area contributed by atoms with Gasteiger partial charge in [-0.2, -0.15) is 0 Å². The molecule has 0 radical (unpaired) electrons. The van der Waals surface area contributed by atoms with Gasteiger partial charge in [0.15, 0.2) is 0 Å². The van der Waals surface area contributed by atoms with Gasteiger partial charge in [-0.3, -0.25) is 0 Å². The smallest absolute Gasteiger partial charge is 0.480 e. The average molecular weight is 652 g/mol. The Labute approximate surface area is 263 Å². The van der Waals surface area contributed by atoms with Crippen LogP contribution in [0.1, 0.15) is 52.2 Å². The van der Waals surface area contributed by atoms with Gasteiger partial charge in [0.25, 0.3) is 0 Å². The summed E-state index contributed by atoms with van der Waals surface area (Å²) >= 11 is 0. The maximum Gasteiger partial charge on any atom is 0.510 e. The molecule has 2 aromatic carbocycles. The standard InChI is InChI=1S/C30H42N3O11P/c1-7-24(25(34)35)33(6)28(31)32-45(38,43-26(20(2)3)41-29(36)39-18-22-14-10-8-11-15-22)44-27(21(4)5)42-30(37)40-19-23-16-12-9-13-17-23/h8-17,20-21,24,26-27H,7,18-19H2,1-6H3,(H,34,35)(H2,31,32,38). The average Bonchev–Trinajstić information content (AvgIpc) is 2.99. The summed E-state index contributed by atoms with van der Waals surface area (Å²) in [5.41, 5.74) is 7.46. The molecule has 3 unspecified atom stereocenters. The van der Waals surface area contributed by atoms with Crippen molar-refractivity contribution in [2.24, 2.45) is 22.3 Å². The van der Waals surface area contributed by atoms with E-state index in [1.165, 1.54) is 7.05 Å². The first-order valence-corrected chi connectivity index (χ1v) is 15.8. The van der Waals surface area contributed by atoms with Crippen LogP contribution in [0.3, 0.4) is 0 Å². The Kier molecular flexibility index (Phi) is 14.8. The molecule has 15 heteroatoms. The van der Waals surface area contributed by atoms with E-state index < -0.39 is 62.4 Å². The third-order valence-electron chi connectivity index (χ3n) is 6.11. The second-order valence-electron chi connectivity index (χ2n) is 10.5. The highest BCUT2D eigenvalue weighted by Crippen LogP contribution is 2.54. The van der Waals surface area contributed by atoms with Gasteiger partial charge in [0.05, 0.1) is 0 Å². The van der Waals surface area contributed by atoms with Crippen molar-refractivity contribution in [1.29, 1.82) is 0 Å². The van der Waals surface area contributed by atoms with E-state index in [1.54, 1.807) is 83.1 Å². The minimum atomic E-state index is -4.83. The van der Waals surface area contributed by atoms with E-state index in [0.717, 1.165) is 4.90 Å². The van der Waals surface area contributed by atoms with Gasteiger partial charge in [-0.15, -0.1) is 4.76 Å². The number of nitrogens with zero attached hydrogens (tertiary/aromatic N) is 2. The fraction of sp³-hybridized carbons (Fsp3) is 0.467. The molecule has 0 aromatic heterocycles. The van der Waals surface area contributed by atoms with E-state index >= 15 is 0 Å². The second kappa shape index (κ2) is 18.0. The number of carbonyl (C=O) groups is 3. The molecule has 2 rings (SSSR count). The van der Waals surface area contributed by atoms with E-state index in [-0.39, 0.29) is 19.6 Å². The summed E-state index contributed by atoms with van der Waals surface area (Å²) < 4.78 is 50.3. The lowest BCUT2D eigenvalue weighted by Gasteiger charge is -2.29. The molecule has 0 saturated carbocycles. The molecule has 2 aromatic rings. The van der Waals surface area contributed by atoms with Gasteiger partial charge in [0.1, 0.15) is 19.3 Å². The van der Waals surface area contributed by atoms with E-state index in [2.05, 4.69) is 4.76 Å². The molecule has 0 heterocycles. The molecule has 0 amide bonds. The minimum Gasteiger partial charge on any atom is -0.480 e. The topological polar surface area (TPSA) is 186 Å². The number of hydrogen-bond donors (Lipinski definition) is 2. The molecular weight excluding hydrogens is 609 g/mol. The van der Waals surface area contributed by atoms with Crippen LogP contribution >= 0.6 is 7.75 Å². The van der Waals surface area contributed by atoms with Crippen LogP contribution in [0.25, 0.3) is 0 Å². The number of carboxylic acid groups (broad SMARTS) is 1. The maximum absolute atomic E-state index is 14.2. The summed E-state index contributed by atoms with van der Waals surface area (Å²) in [4.78, 5) is 37.9. The molecule has 0 spiro atoms. The number of rotatable bonds is 16. The van der Waals surface area contributed by atoms with Gasteiger partial charge in [0.2, 0.25) is 18.5 Å². The molecule has 14 nitrogen and oxygen atoms in total. The Bertz CT molecular complexity index is 1230. The van der Waals surface area contributed by atoms with E-state index in [1.807, 2.05) is 12.1 Å². The predicted octanol–water partition coefficient (Wildman–Crippen LogP) is 5.91. The highest BCUT2D eigenvalue weighted by molar-refractivity contribution is 7.52. The van der Waals surface area contributed by atoms with Crippen molar-refractivity contribution in [3.05, 3.63) is 71.8 Å². The fourth-order valence-electron chi connectivity index (χ4n) is 3.55. The third-order valence-corrected chi connectivity index (χ3v) is 7.51. The van der Waals surface area contributed by atoms with Gasteiger partial charge in [-0.1, -0.05) is 95.3 Å². The van der Waals surface area contributed by atoms with Crippen LogP contribution in [0, 0.1) is 11.8 Å². The van der Waals surface area contributed by atoms with Crippen LogP contribution in [0.5, 0.6) is 0 Å². The van der Waals surface area contributed by atoms with Crippen LogP contribution in [-0.4, -0.2) is 59.9 Å². The number of carboxylic acids is 1. The summed E-state index contributed by atoms with van der Waals surface area (Å²) in [5, 5.41) is 9.56. The predicted molar refractivity (Wildman–Crippen MR) is 164 cm³/mol. The summed E-state index contributed by atoms with van der Waals surface area (Å²) in [6.45, 7) is 7.83. The number of likely N-dealkylation sites (N-methyl/N-ethyl adjacent to an activating group) is 1. The van der Waals surface area contributed by atoms with Gasteiger partial charge in [-0.25, -0.2) is 28.0 Å². The van der Waals surface area contributed by atoms with Gasteiger partial charge in [-0.05, 0) is 17.5 Å². The highest BCUT2D eigenvalue weighted by atomic mass is 31.2. The van der Waals surface area contributed by atoms with Crippen LogP contribution in [0.4, 0.5) is 9.59 Å². The first-order chi connectivity index (χ1) is 21.2. The van der Waals surface area contributed by atoms with Crippen molar-refractivity contribution in [3.8, 4) is 0 Å². The highest BCUT2D eigenvalue weighted by Gasteiger charge is 2.39. The minimum absolute atomic E-state index is 0.101. The van der Waals surface area contributed by atoms with Crippen LogP contribution in [-0.2, 0) is 50.6 Å². The Morgan fingerprint density at radius 3 is 1.56 bits per heavy atom. The number of hydrogen-bond acceptors (Lipinski definition) is 10. The molecule has 3 atom stereocenters. The zero-order chi connectivity index (χ0) is 33.6. The van der Waals surface area contributed by atoms with Crippen LogP contribution in [0.2, 0.25) is 0 Å². The van der Waals surface area contributed by atoms with Gasteiger partial charge in [0, 0.05) is 18.9 Å². The lowest BCUT2D eigenvalue weighted by atomic mass is 10.2. The number of ether oxygens (including phenoxy) is 4. The van der Waals surface area contributed by atoms with Crippen molar-refractivity contribution < 1.29 is 52.1 Å². The number of carbonyl (C=O) groups excluding carboxylic acids is 2. The Hall–Kier alpha value is -4.13. The lowest BCUT2D eigenvalue weighted by Crippen LogP contribution is -2.45. The lowest BCUT2D eigenvalue weighted by molar-refractivity contribution is -0.141. The molecule has 0 aliphatic carbocycles. The molecule has 3 N–H and O–H groups in total. The molecule has 0 saturated heterocycles. The van der Waals surface area contributed by atoms with Crippen molar-refractivity contribution in [2.45, 2.75) is 72.9 Å². The van der Waals surface area contributed by atoms with Gasteiger partial charge < -0.3 is 34.7 Å². The number of benzene rings is 2. The summed E-state index contributed by atoms with van der Waals surface area (Å²) in [6, 6.07) is 16.6. The van der Waals surface area contributed by atoms with Gasteiger partial charge >= 0.3 is 26.0 Å². The first kappa shape index (κ1) is 37.1. The number of guanidine groups is 1. The van der Waals surface area contributed by atoms with Crippen molar-refractivity contribution >= 4 is 32.0 Å². The van der Waals surface area contributed by atoms with E-state index in [4.69, 9.17) is 33.7 Å². The summed E-state index contributed by atoms with van der Waals surface area (Å²) in [7, 11) is -3.50. The number of nitrogens with two attached hydrogens (primary N) is 1. The first-order valence-electron chi connectivity index (χ1n) is 14.3. The zero-order valence-electron chi connectivity index (χ0n) is 26.2. The largest absolute Gasteiger partial charge is 0.510 e. The van der Waals surface area contributed by atoms with Crippen molar-refractivity contribution in [1.82, 2.24) is 4.90 Å². The zero-order valence-corrected chi connectivity index (χ0v) is 27.1. The van der Waals surface area contributed by atoms with Crippen molar-refractivity contribution in [3.63, 3.8) is 0 Å². The van der Waals surface area contributed by atoms with Crippen LogP contribution in [0.15, 0.2) is 65.4 Å². The van der Waals surface area contributed by atoms with E-state index in [0.29, 0.717) is 11.1 Å². The maximum atomic E-state index is 14.2. The van der Waals surface area contributed by atoms with E-state index in [9.17, 15) is 24.1 Å². The third kappa shape index (κ3) is 12.8. The Morgan fingerprint density at radius 2 is 1.22 bits per heavy atom. The summed E-state index contributed by atoms with van der Waals surface area (Å²) in [6.07, 6.45) is -5.21. The Balaban J connectivity index is 2.31. The Morgan fingerprint density at radius 1 is 0.822 bits per heavy atom. The normalized spacial score (nSPS) is 15.0. The molecule has 45 heavy (non-hydrogen) atoms. The SMILES string of the molecule is CCC(C(=O)O)N(C)C(N)=NP(=O)(OC(OC(=O)OCc1ccccc1)C(C)C)OC(OC(=O)OCc1ccccc1)C(C)C. The molecule has 0 bridgehead atoms. The molecule has 0 aliphatic heterocycles.